The van der Waals surface area contributed by atoms with Gasteiger partial charge in [0, 0.05) is 108 Å². The Balaban J connectivity index is 1.08. The van der Waals surface area contributed by atoms with E-state index in [1.807, 2.05) is 34.1 Å². The van der Waals surface area contributed by atoms with Crippen LogP contribution in [0.25, 0.3) is 12.2 Å². The van der Waals surface area contributed by atoms with E-state index < -0.39 is 61.2 Å². The number of aliphatic carboxylic acids is 3. The number of carboxylic acid groups (broad SMARTS) is 3. The topological polar surface area (TPSA) is 243 Å². The molecule has 64 heavy (non-hydrogen) atoms. The molecule has 5 N–H and O–H groups in total. The second-order valence-electron chi connectivity index (χ2n) is 16.3. The number of halogens is 2. The largest absolute Gasteiger partial charge is 0.480 e. The predicted octanol–water partition coefficient (Wildman–Crippen LogP) is 0.867. The summed E-state index contributed by atoms with van der Waals surface area (Å²) in [7, 11) is 0. The summed E-state index contributed by atoms with van der Waals surface area (Å²) in [5.74, 6) is -7.32. The lowest BCUT2D eigenvalue weighted by Gasteiger charge is -2.35. The number of hydrogen-bond acceptors (Lipinski definition) is 13. The van der Waals surface area contributed by atoms with Crippen LogP contribution in [0.3, 0.4) is 0 Å². The molecule has 1 atom stereocenters. The van der Waals surface area contributed by atoms with E-state index in [9.17, 15) is 58.1 Å². The van der Waals surface area contributed by atoms with Gasteiger partial charge in [-0.25, -0.2) is 8.78 Å². The highest BCUT2D eigenvalue weighted by Crippen LogP contribution is 2.31. The number of amides is 3. The lowest BCUT2D eigenvalue weighted by molar-refractivity contribution is -0.141. The molecule has 1 aromatic heterocycles. The summed E-state index contributed by atoms with van der Waals surface area (Å²) >= 11 is 0. The highest BCUT2D eigenvalue weighted by atomic mass is 19.3. The number of piperidine rings is 1. The van der Waals surface area contributed by atoms with Crippen LogP contribution in [0.15, 0.2) is 42.7 Å². The molecule has 3 saturated heterocycles. The van der Waals surface area contributed by atoms with E-state index in [1.165, 1.54) is 18.5 Å². The van der Waals surface area contributed by atoms with Crippen molar-refractivity contribution < 1.29 is 52.9 Å². The van der Waals surface area contributed by atoms with Crippen molar-refractivity contribution in [3.8, 4) is 6.07 Å². The molecule has 5 rings (SSSR count). The van der Waals surface area contributed by atoms with Crippen LogP contribution in [0.4, 0.5) is 14.5 Å². The van der Waals surface area contributed by atoms with Gasteiger partial charge in [0.15, 0.2) is 0 Å². The summed E-state index contributed by atoms with van der Waals surface area (Å²) in [5, 5.41) is 43.5. The van der Waals surface area contributed by atoms with Gasteiger partial charge in [0.2, 0.25) is 11.8 Å². The van der Waals surface area contributed by atoms with Crippen LogP contribution in [-0.4, -0.2) is 209 Å². The third-order valence-corrected chi connectivity index (χ3v) is 11.5. The molecule has 3 amide bonds. The Morgan fingerprint density at radius 1 is 0.750 bits per heavy atom. The fraction of sp³-hybridized carbons (Fsp3) is 0.535. The molecule has 3 aliphatic rings. The van der Waals surface area contributed by atoms with E-state index in [4.69, 9.17) is 0 Å². The number of carbonyl (C=O) groups excluding carboxylic acids is 3. The zero-order chi connectivity index (χ0) is 46.2. The van der Waals surface area contributed by atoms with Crippen molar-refractivity contribution in [1.29, 1.82) is 5.26 Å². The van der Waals surface area contributed by atoms with Gasteiger partial charge in [0.1, 0.15) is 6.04 Å². The summed E-state index contributed by atoms with van der Waals surface area (Å²) in [6.07, 6.45) is 7.25. The molecule has 19 nitrogen and oxygen atoms in total. The molecule has 3 fully saturated rings. The molecule has 2 aromatic rings. The number of anilines is 1. The summed E-state index contributed by atoms with van der Waals surface area (Å²) in [4.78, 5) is 87.6. The number of carbonyl (C=O) groups is 6. The van der Waals surface area contributed by atoms with Gasteiger partial charge in [0.05, 0.1) is 45.3 Å². The number of alkyl halides is 2. The smallest absolute Gasteiger partial charge is 0.317 e. The minimum Gasteiger partial charge on any atom is -0.480 e. The molecule has 0 radical (unpaired) electrons. The van der Waals surface area contributed by atoms with E-state index >= 15 is 0 Å². The van der Waals surface area contributed by atoms with Crippen LogP contribution in [0.1, 0.15) is 40.7 Å². The van der Waals surface area contributed by atoms with E-state index in [0.29, 0.717) is 83.5 Å². The summed E-state index contributed by atoms with van der Waals surface area (Å²) < 4.78 is 27.6. The first-order chi connectivity index (χ1) is 30.6. The second kappa shape index (κ2) is 23.6. The van der Waals surface area contributed by atoms with Gasteiger partial charge in [-0.3, -0.25) is 53.4 Å². The SMILES string of the molecule is N#C[C@@H]1CC(F)(F)CN1C(=O)CNC(=O)c1ccncc1/C=C/c1ccc(NCC2CCN(C(=O)CN3CCN(CC(=O)O)CCN(CC(=O)O)CCN(CC(=O)O)CC3)CC2)cc1. The van der Waals surface area contributed by atoms with Gasteiger partial charge in [-0.05, 0) is 42.5 Å². The first kappa shape index (κ1) is 48.9. The normalized spacial score (nSPS) is 19.9. The average Bonchev–Trinajstić information content (AvgIpc) is 3.59. The first-order valence-corrected chi connectivity index (χ1v) is 21.2. The van der Waals surface area contributed by atoms with Crippen LogP contribution in [0, 0.1) is 17.2 Å². The van der Waals surface area contributed by atoms with Crippen LogP contribution >= 0.6 is 0 Å². The Bertz CT molecular complexity index is 2000. The van der Waals surface area contributed by atoms with Gasteiger partial charge in [-0.15, -0.1) is 0 Å². The Morgan fingerprint density at radius 3 is 1.80 bits per heavy atom. The van der Waals surface area contributed by atoms with Crippen molar-refractivity contribution in [2.24, 2.45) is 5.92 Å². The molecule has 4 heterocycles. The highest BCUT2D eigenvalue weighted by Gasteiger charge is 2.47. The van der Waals surface area contributed by atoms with Crippen LogP contribution in [0.2, 0.25) is 0 Å². The lowest BCUT2D eigenvalue weighted by Crippen LogP contribution is -2.50. The first-order valence-electron chi connectivity index (χ1n) is 21.2. The molecule has 0 spiro atoms. The number of carboxylic acids is 3. The van der Waals surface area contributed by atoms with Crippen molar-refractivity contribution in [2.75, 3.05) is 117 Å². The van der Waals surface area contributed by atoms with Crippen LogP contribution < -0.4 is 10.6 Å². The molecule has 0 bridgehead atoms. The molecule has 0 unspecified atom stereocenters. The number of likely N-dealkylation sites (tertiary alicyclic amines) is 2. The fourth-order valence-electron chi connectivity index (χ4n) is 7.92. The van der Waals surface area contributed by atoms with Crippen molar-refractivity contribution in [3.05, 3.63) is 59.4 Å². The van der Waals surface area contributed by atoms with Gasteiger partial charge in [0.25, 0.3) is 11.8 Å². The Kier molecular flexibility index (Phi) is 18.0. The van der Waals surface area contributed by atoms with E-state index in [1.54, 1.807) is 32.9 Å². The van der Waals surface area contributed by atoms with Gasteiger partial charge < -0.3 is 35.8 Å². The maximum atomic E-state index is 13.8. The monoisotopic (exact) mass is 894 g/mol. The van der Waals surface area contributed by atoms with Gasteiger partial charge in [-0.1, -0.05) is 24.3 Å². The number of rotatable bonds is 16. The minimum absolute atomic E-state index is 0.0552. The van der Waals surface area contributed by atoms with E-state index in [2.05, 4.69) is 15.6 Å². The third-order valence-electron chi connectivity index (χ3n) is 11.5. The van der Waals surface area contributed by atoms with Gasteiger partial charge in [-0.2, -0.15) is 5.26 Å². The number of benzene rings is 1. The second-order valence-corrected chi connectivity index (χ2v) is 16.3. The van der Waals surface area contributed by atoms with Crippen molar-refractivity contribution in [1.82, 2.24) is 39.7 Å². The minimum atomic E-state index is -3.16. The van der Waals surface area contributed by atoms with Crippen molar-refractivity contribution in [3.63, 3.8) is 0 Å². The number of nitrogens with one attached hydrogen (secondary N) is 2. The fourth-order valence-corrected chi connectivity index (χ4v) is 7.92. The number of nitriles is 1. The summed E-state index contributed by atoms with van der Waals surface area (Å²) in [6.45, 7) is 2.41. The molecular weight excluding hydrogens is 839 g/mol. The maximum absolute atomic E-state index is 13.8. The Labute approximate surface area is 369 Å². The molecular formula is C43H56F2N10O9. The summed E-state index contributed by atoms with van der Waals surface area (Å²) in [6, 6.07) is 9.60. The standard InChI is InChI=1S/C43H56F2N10O9/c44-43(45)21-35(22-46)55(30-43)37(56)25-49-42(64)36-7-10-47-24-33(36)4-1-31-2-5-34(6-3-31)48-23-32-8-11-54(12-9-32)38(57)26-50-13-15-51(27-39(58)59)17-19-53(29-41(62)63)20-18-52(16-14-50)28-40(60)61/h1-7,10,24,32,35,48H,8-9,11-21,23,25-30H2,(H,49,64)(H,58,59)(H,60,61)(H,62,63)/b4-1+/t35-/m0/s1. The number of aromatic nitrogens is 1. The molecule has 1 aromatic carbocycles. The van der Waals surface area contributed by atoms with Crippen LogP contribution in [0.5, 0.6) is 0 Å². The van der Waals surface area contributed by atoms with Crippen molar-refractivity contribution in [2.45, 2.75) is 31.2 Å². The number of nitrogens with zero attached hydrogens (tertiary/aromatic N) is 8. The van der Waals surface area contributed by atoms with Crippen LogP contribution in [-0.2, 0) is 24.0 Å². The molecule has 0 aliphatic carbocycles. The lowest BCUT2D eigenvalue weighted by atomic mass is 9.96. The highest BCUT2D eigenvalue weighted by molar-refractivity contribution is 6.00. The zero-order valence-electron chi connectivity index (χ0n) is 35.6. The molecule has 0 saturated carbocycles. The number of pyridine rings is 1. The van der Waals surface area contributed by atoms with Crippen molar-refractivity contribution >= 4 is 53.5 Å². The van der Waals surface area contributed by atoms with E-state index in [-0.39, 0.29) is 37.6 Å². The van der Waals surface area contributed by atoms with E-state index in [0.717, 1.165) is 29.0 Å². The zero-order valence-corrected chi connectivity index (χ0v) is 35.6. The van der Waals surface area contributed by atoms with Gasteiger partial charge >= 0.3 is 17.9 Å². The Morgan fingerprint density at radius 2 is 1.28 bits per heavy atom. The predicted molar refractivity (Wildman–Crippen MR) is 229 cm³/mol. The maximum Gasteiger partial charge on any atom is 0.317 e. The number of hydrogen-bond donors (Lipinski definition) is 5. The molecule has 21 heteroatoms. The Hall–Kier alpha value is -6.08. The molecule has 3 aliphatic heterocycles. The average molecular weight is 895 g/mol. The molecule has 346 valence electrons. The quantitative estimate of drug-likeness (QED) is 0.157. The summed E-state index contributed by atoms with van der Waals surface area (Å²) in [5.41, 5.74) is 2.43. The third kappa shape index (κ3) is 15.6.